The highest BCUT2D eigenvalue weighted by molar-refractivity contribution is 5.42. The second kappa shape index (κ2) is 8.78. The number of H-pyrrole nitrogens is 1. The number of nitrogens with zero attached hydrogens (tertiary/aromatic N) is 1. The van der Waals surface area contributed by atoms with Crippen LogP contribution in [0.15, 0.2) is 40.1 Å². The third kappa shape index (κ3) is 4.79. The van der Waals surface area contributed by atoms with Gasteiger partial charge in [-0.2, -0.15) is 0 Å². The van der Waals surface area contributed by atoms with Crippen LogP contribution in [0.3, 0.4) is 0 Å². The molecule has 1 aliphatic rings. The molecule has 0 bridgehead atoms. The number of benzene rings is 1. The zero-order valence-corrected chi connectivity index (χ0v) is 17.4. The van der Waals surface area contributed by atoms with Crippen LogP contribution in [-0.2, 0) is 10.2 Å². The average molecular weight is 430 g/mol. The van der Waals surface area contributed by atoms with Gasteiger partial charge in [0.2, 0.25) is 0 Å². The molecule has 0 saturated carbocycles. The van der Waals surface area contributed by atoms with E-state index in [0.717, 1.165) is 16.3 Å². The number of hydrogen-bond acceptors (Lipinski definition) is 7. The van der Waals surface area contributed by atoms with E-state index in [-0.39, 0.29) is 11.0 Å². The first-order valence-electron chi connectivity index (χ1n) is 9.81. The number of aliphatic hydroxyl groups is 4. The lowest BCUT2D eigenvalue weighted by molar-refractivity contribution is -0.252. The van der Waals surface area contributed by atoms with Gasteiger partial charge in [0, 0.05) is 11.8 Å². The molecule has 0 amide bonds. The summed E-state index contributed by atoms with van der Waals surface area (Å²) in [6, 6.07) is 7.55. The Morgan fingerprint density at radius 2 is 1.68 bits per heavy atom. The van der Waals surface area contributed by atoms with Crippen LogP contribution in [0, 0.1) is 11.8 Å². The monoisotopic (exact) mass is 430 g/mol. The van der Waals surface area contributed by atoms with Crippen LogP contribution >= 0.6 is 0 Å². The number of aromatic amines is 1. The van der Waals surface area contributed by atoms with Crippen LogP contribution in [0.25, 0.3) is 0 Å². The Balaban J connectivity index is 1.95. The van der Waals surface area contributed by atoms with E-state index in [4.69, 9.17) is 4.74 Å². The van der Waals surface area contributed by atoms with Gasteiger partial charge in [-0.15, -0.1) is 0 Å². The quantitative estimate of drug-likeness (QED) is 0.393. The summed E-state index contributed by atoms with van der Waals surface area (Å²) in [5.74, 6) is 5.56. The highest BCUT2D eigenvalue weighted by Crippen LogP contribution is 2.27. The Bertz CT molecular complexity index is 1100. The Morgan fingerprint density at radius 1 is 1.03 bits per heavy atom. The maximum absolute atomic E-state index is 12.3. The molecule has 0 aliphatic carbocycles. The van der Waals surface area contributed by atoms with E-state index < -0.39 is 48.5 Å². The number of hydrogen-bond donors (Lipinski definition) is 5. The van der Waals surface area contributed by atoms with Gasteiger partial charge in [-0.25, -0.2) is 4.79 Å². The molecular weight excluding hydrogens is 404 g/mol. The van der Waals surface area contributed by atoms with Crippen molar-refractivity contribution in [3.05, 3.63) is 68.0 Å². The minimum Gasteiger partial charge on any atom is -0.394 e. The van der Waals surface area contributed by atoms with Crippen LogP contribution in [0.2, 0.25) is 0 Å². The molecule has 31 heavy (non-hydrogen) atoms. The van der Waals surface area contributed by atoms with Crippen molar-refractivity contribution in [2.24, 2.45) is 0 Å². The molecule has 5 atom stereocenters. The van der Waals surface area contributed by atoms with E-state index in [0.29, 0.717) is 5.56 Å². The zero-order chi connectivity index (χ0) is 22.9. The molecule has 5 N–H and O–H groups in total. The molecule has 166 valence electrons. The normalized spacial score (nSPS) is 26.2. The van der Waals surface area contributed by atoms with E-state index in [1.807, 2.05) is 24.3 Å². The van der Waals surface area contributed by atoms with Crippen LogP contribution in [0.4, 0.5) is 0 Å². The zero-order valence-electron chi connectivity index (χ0n) is 17.4. The second-order valence-electron chi connectivity index (χ2n) is 8.51. The Kier molecular flexibility index (Phi) is 6.50. The van der Waals surface area contributed by atoms with Gasteiger partial charge in [0.25, 0.3) is 5.56 Å². The molecule has 9 heteroatoms. The van der Waals surface area contributed by atoms with E-state index >= 15 is 0 Å². The van der Waals surface area contributed by atoms with Gasteiger partial charge < -0.3 is 25.2 Å². The number of aromatic nitrogens is 2. The first-order chi connectivity index (χ1) is 14.5. The Labute approximate surface area is 178 Å². The van der Waals surface area contributed by atoms with Crippen molar-refractivity contribution in [2.75, 3.05) is 6.61 Å². The van der Waals surface area contributed by atoms with Crippen molar-refractivity contribution < 1.29 is 25.2 Å². The minimum absolute atomic E-state index is 0.00991. The van der Waals surface area contributed by atoms with Crippen molar-refractivity contribution in [3.8, 4) is 11.8 Å². The molecule has 2 aromatic rings. The molecule has 2 heterocycles. The van der Waals surface area contributed by atoms with E-state index in [1.54, 1.807) is 0 Å². The van der Waals surface area contributed by atoms with E-state index in [1.165, 1.54) is 0 Å². The molecule has 0 unspecified atom stereocenters. The predicted octanol–water partition coefficient (Wildman–Crippen LogP) is -0.794. The fourth-order valence-corrected chi connectivity index (χ4v) is 3.27. The van der Waals surface area contributed by atoms with E-state index in [9.17, 15) is 30.0 Å². The van der Waals surface area contributed by atoms with Crippen molar-refractivity contribution in [3.63, 3.8) is 0 Å². The summed E-state index contributed by atoms with van der Waals surface area (Å²) in [7, 11) is 0. The first kappa shape index (κ1) is 22.9. The van der Waals surface area contributed by atoms with Gasteiger partial charge in [-0.1, -0.05) is 44.7 Å². The summed E-state index contributed by atoms with van der Waals surface area (Å²) >= 11 is 0. The Morgan fingerprint density at radius 3 is 2.26 bits per heavy atom. The van der Waals surface area contributed by atoms with Crippen molar-refractivity contribution in [2.45, 2.75) is 56.8 Å². The van der Waals surface area contributed by atoms with Gasteiger partial charge in [-0.05, 0) is 23.1 Å². The largest absolute Gasteiger partial charge is 0.394 e. The molecule has 1 fully saturated rings. The van der Waals surface area contributed by atoms with Crippen LogP contribution in [-0.4, -0.2) is 61.0 Å². The van der Waals surface area contributed by atoms with Gasteiger partial charge >= 0.3 is 5.69 Å². The minimum atomic E-state index is -1.67. The summed E-state index contributed by atoms with van der Waals surface area (Å²) in [5, 5.41) is 39.5. The number of rotatable bonds is 2. The molecule has 1 aromatic carbocycles. The van der Waals surface area contributed by atoms with Gasteiger partial charge in [-0.3, -0.25) is 14.3 Å². The SMILES string of the molecule is CC(C)(C)c1ccc(C#Cc2cn([C@@H]3O[C@H](CO)[C@@H](O)[C@H](O)[C@H]3O)c(=O)[nH]c2=O)cc1. The Hall–Kier alpha value is -2.74. The lowest BCUT2D eigenvalue weighted by Gasteiger charge is -2.40. The van der Waals surface area contributed by atoms with Crippen LogP contribution < -0.4 is 11.2 Å². The molecule has 0 spiro atoms. The number of aliphatic hydroxyl groups excluding tert-OH is 4. The fourth-order valence-electron chi connectivity index (χ4n) is 3.27. The summed E-state index contributed by atoms with van der Waals surface area (Å²) < 4.78 is 6.25. The molecule has 1 aromatic heterocycles. The third-order valence-electron chi connectivity index (χ3n) is 5.20. The van der Waals surface area contributed by atoms with Crippen molar-refractivity contribution >= 4 is 0 Å². The van der Waals surface area contributed by atoms with Crippen LogP contribution in [0.5, 0.6) is 0 Å². The summed E-state index contributed by atoms with van der Waals surface area (Å²) in [6.07, 6.45) is -6.42. The van der Waals surface area contributed by atoms with Crippen LogP contribution in [0.1, 0.15) is 43.7 Å². The summed E-state index contributed by atoms with van der Waals surface area (Å²) in [5.41, 5.74) is 0.116. The maximum atomic E-state index is 12.3. The topological polar surface area (TPSA) is 145 Å². The van der Waals surface area contributed by atoms with Gasteiger partial charge in [0.05, 0.1) is 6.61 Å². The third-order valence-corrected chi connectivity index (χ3v) is 5.20. The van der Waals surface area contributed by atoms with Crippen molar-refractivity contribution in [1.29, 1.82) is 0 Å². The highest BCUT2D eigenvalue weighted by atomic mass is 16.6. The first-order valence-corrected chi connectivity index (χ1v) is 9.81. The molecule has 1 aliphatic heterocycles. The standard InChI is InChI=1S/C22H26N2O7/c1-22(2,3)14-8-5-12(6-9-14)4-7-13-10-24(21(30)23-19(13)29)20-18(28)17(27)16(26)15(11-25)31-20/h5-6,8-10,15-18,20,25-28H,11H2,1-3H3,(H,23,29,30)/t15-,16-,17+,18-,20-/m1/s1. The van der Waals surface area contributed by atoms with E-state index in [2.05, 4.69) is 37.6 Å². The number of ether oxygens (including phenoxy) is 1. The average Bonchev–Trinajstić information content (AvgIpc) is 2.72. The molecule has 1 saturated heterocycles. The molecule has 9 nitrogen and oxygen atoms in total. The summed E-state index contributed by atoms with van der Waals surface area (Å²) in [6.45, 7) is 5.64. The lowest BCUT2D eigenvalue weighted by atomic mass is 9.87. The molecular formula is C22H26N2O7. The second-order valence-corrected chi connectivity index (χ2v) is 8.51. The predicted molar refractivity (Wildman–Crippen MR) is 111 cm³/mol. The highest BCUT2D eigenvalue weighted by Gasteiger charge is 2.44. The van der Waals surface area contributed by atoms with Crippen molar-refractivity contribution in [1.82, 2.24) is 9.55 Å². The molecule has 3 rings (SSSR count). The lowest BCUT2D eigenvalue weighted by Crippen LogP contribution is -2.58. The maximum Gasteiger partial charge on any atom is 0.330 e. The molecule has 0 radical (unpaired) electrons. The number of nitrogens with one attached hydrogen (secondary N) is 1. The fraction of sp³-hybridized carbons (Fsp3) is 0.455. The van der Waals surface area contributed by atoms with Gasteiger partial charge in [0.1, 0.15) is 30.0 Å². The smallest absolute Gasteiger partial charge is 0.330 e. The van der Waals surface area contributed by atoms with Gasteiger partial charge in [0.15, 0.2) is 6.23 Å². The summed E-state index contributed by atoms with van der Waals surface area (Å²) in [4.78, 5) is 26.6.